The Labute approximate surface area is 184 Å². The number of nitrogens with one attached hydrogen (secondary N) is 2. The molecule has 9 heteroatoms. The van der Waals surface area contributed by atoms with Crippen molar-refractivity contribution in [1.29, 1.82) is 0 Å². The molecule has 1 aromatic heterocycles. The standard InChI is InChI=1S/C23H22N4O5/c1-14(28)24-16-5-4-6-17(12-16)25-22(30)23(2,3)27-21(29)10-8-18(26-27)15-7-9-19-20(11-15)32-13-31-19/h4-12H,13H2,1-3H3,(H,24,28)(H,25,30). The molecule has 2 amide bonds. The van der Waals surface area contributed by atoms with Gasteiger partial charge in [-0.15, -0.1) is 0 Å². The minimum absolute atomic E-state index is 0.155. The second-order valence-corrected chi connectivity index (χ2v) is 7.81. The Bertz CT molecular complexity index is 1270. The average molecular weight is 434 g/mol. The maximum absolute atomic E-state index is 13.1. The zero-order valence-electron chi connectivity index (χ0n) is 17.8. The topological polar surface area (TPSA) is 112 Å². The molecule has 0 atom stereocenters. The molecule has 2 N–H and O–H groups in total. The van der Waals surface area contributed by atoms with Gasteiger partial charge >= 0.3 is 0 Å². The number of hydrogen-bond acceptors (Lipinski definition) is 6. The SMILES string of the molecule is CC(=O)Nc1cccc(NC(=O)C(C)(C)n2nc(-c3ccc4c(c3)OCO4)ccc2=O)c1. The molecule has 0 fully saturated rings. The summed E-state index contributed by atoms with van der Waals surface area (Å²) in [5, 5.41) is 9.90. The van der Waals surface area contributed by atoms with E-state index in [0.717, 1.165) is 10.2 Å². The summed E-state index contributed by atoms with van der Waals surface area (Å²) in [5.74, 6) is 0.584. The quantitative estimate of drug-likeness (QED) is 0.639. The predicted molar refractivity (Wildman–Crippen MR) is 119 cm³/mol. The molecule has 0 aliphatic carbocycles. The second kappa shape index (κ2) is 8.18. The Morgan fingerprint density at radius 1 is 0.969 bits per heavy atom. The van der Waals surface area contributed by atoms with Crippen molar-refractivity contribution < 1.29 is 19.1 Å². The number of benzene rings is 2. The van der Waals surface area contributed by atoms with Crippen molar-refractivity contribution in [1.82, 2.24) is 9.78 Å². The van der Waals surface area contributed by atoms with Crippen molar-refractivity contribution in [3.63, 3.8) is 0 Å². The average Bonchev–Trinajstić information content (AvgIpc) is 3.21. The Kier molecular flexibility index (Phi) is 5.40. The van der Waals surface area contributed by atoms with Crippen molar-refractivity contribution in [3.8, 4) is 22.8 Å². The molecule has 9 nitrogen and oxygen atoms in total. The van der Waals surface area contributed by atoms with Gasteiger partial charge in [0.2, 0.25) is 12.7 Å². The van der Waals surface area contributed by atoms with E-state index in [1.54, 1.807) is 56.3 Å². The summed E-state index contributed by atoms with van der Waals surface area (Å²) in [7, 11) is 0. The van der Waals surface area contributed by atoms with E-state index in [4.69, 9.17) is 9.47 Å². The van der Waals surface area contributed by atoms with Crippen molar-refractivity contribution in [2.75, 3.05) is 17.4 Å². The fourth-order valence-corrected chi connectivity index (χ4v) is 3.28. The van der Waals surface area contributed by atoms with E-state index >= 15 is 0 Å². The summed E-state index contributed by atoms with van der Waals surface area (Å²) in [6, 6.07) is 15.1. The molecule has 4 rings (SSSR count). The lowest BCUT2D eigenvalue weighted by Crippen LogP contribution is -2.47. The van der Waals surface area contributed by atoms with Gasteiger partial charge in [0, 0.05) is 29.9 Å². The fourth-order valence-electron chi connectivity index (χ4n) is 3.28. The monoisotopic (exact) mass is 434 g/mol. The lowest BCUT2D eigenvalue weighted by molar-refractivity contribution is -0.123. The lowest BCUT2D eigenvalue weighted by Gasteiger charge is -2.25. The molecule has 2 heterocycles. The zero-order valence-corrected chi connectivity index (χ0v) is 17.8. The highest BCUT2D eigenvalue weighted by molar-refractivity contribution is 5.97. The molecule has 0 radical (unpaired) electrons. The van der Waals surface area contributed by atoms with E-state index in [2.05, 4.69) is 15.7 Å². The van der Waals surface area contributed by atoms with Crippen molar-refractivity contribution in [2.24, 2.45) is 0 Å². The summed E-state index contributed by atoms with van der Waals surface area (Å²) >= 11 is 0. The maximum atomic E-state index is 13.1. The number of ether oxygens (including phenoxy) is 2. The van der Waals surface area contributed by atoms with Crippen LogP contribution in [0.3, 0.4) is 0 Å². The molecular weight excluding hydrogens is 412 g/mol. The minimum atomic E-state index is -1.30. The lowest BCUT2D eigenvalue weighted by atomic mass is 10.0. The van der Waals surface area contributed by atoms with Crippen LogP contribution in [0.2, 0.25) is 0 Å². The number of amides is 2. The molecule has 32 heavy (non-hydrogen) atoms. The molecule has 0 bridgehead atoms. The summed E-state index contributed by atoms with van der Waals surface area (Å²) in [4.78, 5) is 37.0. The van der Waals surface area contributed by atoms with Crippen LogP contribution in [0.4, 0.5) is 11.4 Å². The number of rotatable bonds is 5. The second-order valence-electron chi connectivity index (χ2n) is 7.81. The number of hydrogen-bond donors (Lipinski definition) is 2. The number of aromatic nitrogens is 2. The Morgan fingerprint density at radius 2 is 1.69 bits per heavy atom. The molecule has 0 spiro atoms. The summed E-state index contributed by atoms with van der Waals surface area (Å²) < 4.78 is 11.9. The van der Waals surface area contributed by atoms with Crippen LogP contribution in [0, 0.1) is 0 Å². The summed E-state index contributed by atoms with van der Waals surface area (Å²) in [6.45, 7) is 4.78. The van der Waals surface area contributed by atoms with Gasteiger partial charge in [-0.25, -0.2) is 4.68 Å². The van der Waals surface area contributed by atoms with Gasteiger partial charge in [-0.3, -0.25) is 14.4 Å². The number of anilines is 2. The van der Waals surface area contributed by atoms with Crippen LogP contribution in [0.15, 0.2) is 59.4 Å². The molecule has 1 aliphatic heterocycles. The van der Waals surface area contributed by atoms with Gasteiger partial charge in [-0.05, 0) is 56.3 Å². The predicted octanol–water partition coefficient (Wildman–Crippen LogP) is 2.97. The van der Waals surface area contributed by atoms with Gasteiger partial charge < -0.3 is 20.1 Å². The number of carbonyl (C=O) groups is 2. The molecular formula is C23H22N4O5. The minimum Gasteiger partial charge on any atom is -0.454 e. The number of carbonyl (C=O) groups excluding carboxylic acids is 2. The van der Waals surface area contributed by atoms with E-state index in [1.165, 1.54) is 13.0 Å². The highest BCUT2D eigenvalue weighted by atomic mass is 16.7. The highest BCUT2D eigenvalue weighted by Crippen LogP contribution is 2.35. The first-order chi connectivity index (χ1) is 15.2. The Morgan fingerprint density at radius 3 is 2.44 bits per heavy atom. The molecule has 164 valence electrons. The Balaban J connectivity index is 1.62. The highest BCUT2D eigenvalue weighted by Gasteiger charge is 2.32. The van der Waals surface area contributed by atoms with Gasteiger partial charge in [0.25, 0.3) is 11.5 Å². The fraction of sp³-hybridized carbons (Fsp3) is 0.217. The van der Waals surface area contributed by atoms with Gasteiger partial charge in [-0.2, -0.15) is 5.10 Å². The molecule has 2 aromatic carbocycles. The van der Waals surface area contributed by atoms with E-state index < -0.39 is 17.0 Å². The van der Waals surface area contributed by atoms with Gasteiger partial charge in [0.15, 0.2) is 11.5 Å². The Hall–Kier alpha value is -4.14. The van der Waals surface area contributed by atoms with Crippen LogP contribution in [0.25, 0.3) is 11.3 Å². The normalized spacial score (nSPS) is 12.3. The largest absolute Gasteiger partial charge is 0.454 e. The summed E-state index contributed by atoms with van der Waals surface area (Å²) in [5.41, 5.74) is 0.552. The van der Waals surface area contributed by atoms with E-state index in [1.807, 2.05) is 6.07 Å². The first-order valence-corrected chi connectivity index (χ1v) is 9.94. The van der Waals surface area contributed by atoms with Crippen molar-refractivity contribution in [3.05, 3.63) is 65.0 Å². The number of fused-ring (bicyclic) bond motifs is 1. The van der Waals surface area contributed by atoms with Crippen LogP contribution in [0.1, 0.15) is 20.8 Å². The molecule has 1 aliphatic rings. The van der Waals surface area contributed by atoms with Gasteiger partial charge in [-0.1, -0.05) is 6.07 Å². The molecule has 0 saturated carbocycles. The van der Waals surface area contributed by atoms with Gasteiger partial charge in [0.05, 0.1) is 5.69 Å². The van der Waals surface area contributed by atoms with Gasteiger partial charge in [0.1, 0.15) is 5.54 Å². The van der Waals surface area contributed by atoms with Crippen LogP contribution >= 0.6 is 0 Å². The number of nitrogens with zero attached hydrogens (tertiary/aromatic N) is 2. The smallest absolute Gasteiger partial charge is 0.267 e. The van der Waals surface area contributed by atoms with Crippen LogP contribution in [-0.2, 0) is 15.1 Å². The summed E-state index contributed by atoms with van der Waals surface area (Å²) in [6.07, 6.45) is 0. The first-order valence-electron chi connectivity index (χ1n) is 9.94. The van der Waals surface area contributed by atoms with Crippen molar-refractivity contribution >= 4 is 23.2 Å². The first kappa shape index (κ1) is 21.1. The van der Waals surface area contributed by atoms with E-state index in [0.29, 0.717) is 28.6 Å². The maximum Gasteiger partial charge on any atom is 0.267 e. The van der Waals surface area contributed by atoms with Crippen LogP contribution < -0.4 is 25.7 Å². The van der Waals surface area contributed by atoms with Crippen molar-refractivity contribution in [2.45, 2.75) is 26.3 Å². The molecule has 0 unspecified atom stereocenters. The van der Waals surface area contributed by atoms with Crippen LogP contribution in [0.5, 0.6) is 11.5 Å². The molecule has 3 aromatic rings. The third kappa shape index (κ3) is 4.18. The van der Waals surface area contributed by atoms with Crippen LogP contribution in [-0.4, -0.2) is 28.4 Å². The molecule has 0 saturated heterocycles. The third-order valence-corrected chi connectivity index (χ3v) is 4.99. The van der Waals surface area contributed by atoms with E-state index in [9.17, 15) is 14.4 Å². The third-order valence-electron chi connectivity index (χ3n) is 4.99. The zero-order chi connectivity index (χ0) is 22.9. The van der Waals surface area contributed by atoms with E-state index in [-0.39, 0.29) is 12.7 Å².